The number of benzene rings is 3. The standard InChI is InChI=1S/C33H42N4O3/c38-33(35-29-12-5-2-6-13-29)37(26-28-11-7-14-30(23-28)34-25-27-9-3-1-4-10-27)31-15-8-16-32(24-31)40-22-19-36-17-20-39-21-18-36/h1-6,8-10,12-13,15-16,24,28,30,34H,7,11,14,17-23,25-26H2,(H,35,38). The first kappa shape index (κ1) is 28.1. The SMILES string of the molecule is O=C(Nc1ccccc1)N(CC1CCCC(NCc2ccccc2)C1)c1cccc(OCCN2CCOCC2)c1. The zero-order chi connectivity index (χ0) is 27.4. The number of anilines is 2. The first-order valence-electron chi connectivity index (χ1n) is 14.7. The minimum absolute atomic E-state index is 0.115. The number of carbonyl (C=O) groups is 1. The van der Waals surface area contributed by atoms with Crippen LogP contribution in [-0.4, -0.2) is 63.0 Å². The van der Waals surface area contributed by atoms with Gasteiger partial charge < -0.3 is 20.1 Å². The van der Waals surface area contributed by atoms with Crippen molar-refractivity contribution in [3.63, 3.8) is 0 Å². The van der Waals surface area contributed by atoms with Gasteiger partial charge in [0.1, 0.15) is 12.4 Å². The second-order valence-electron chi connectivity index (χ2n) is 10.8. The third-order valence-electron chi connectivity index (χ3n) is 7.84. The fraction of sp³-hybridized carbons (Fsp3) is 0.424. The highest BCUT2D eigenvalue weighted by molar-refractivity contribution is 6.01. The molecular weight excluding hydrogens is 500 g/mol. The van der Waals surface area contributed by atoms with E-state index in [-0.39, 0.29) is 6.03 Å². The zero-order valence-corrected chi connectivity index (χ0v) is 23.3. The lowest BCUT2D eigenvalue weighted by Crippen LogP contribution is -2.42. The Morgan fingerprint density at radius 2 is 1.73 bits per heavy atom. The molecule has 1 saturated carbocycles. The Hall–Kier alpha value is -3.39. The van der Waals surface area contributed by atoms with Crippen LogP contribution in [0.2, 0.25) is 0 Å². The molecule has 7 nitrogen and oxygen atoms in total. The third-order valence-corrected chi connectivity index (χ3v) is 7.84. The summed E-state index contributed by atoms with van der Waals surface area (Å²) in [7, 11) is 0. The van der Waals surface area contributed by atoms with Crippen LogP contribution in [0.3, 0.4) is 0 Å². The Bertz CT molecular complexity index is 1170. The normalized spacial score (nSPS) is 19.6. The Morgan fingerprint density at radius 3 is 2.52 bits per heavy atom. The average molecular weight is 543 g/mol. The average Bonchev–Trinajstić information content (AvgIpc) is 3.01. The summed E-state index contributed by atoms with van der Waals surface area (Å²) in [6, 6.07) is 28.5. The number of amides is 2. The molecule has 3 aromatic carbocycles. The second-order valence-corrected chi connectivity index (χ2v) is 10.8. The van der Waals surface area contributed by atoms with Gasteiger partial charge in [-0.2, -0.15) is 0 Å². The summed E-state index contributed by atoms with van der Waals surface area (Å²) in [5, 5.41) is 6.86. The van der Waals surface area contributed by atoms with Gasteiger partial charge in [0, 0.05) is 56.2 Å². The fourth-order valence-corrected chi connectivity index (χ4v) is 5.64. The Kier molecular flexibility index (Phi) is 10.4. The minimum atomic E-state index is -0.115. The number of hydrogen-bond acceptors (Lipinski definition) is 5. The van der Waals surface area contributed by atoms with E-state index in [1.807, 2.05) is 59.5 Å². The van der Waals surface area contributed by atoms with E-state index in [0.29, 0.717) is 25.1 Å². The van der Waals surface area contributed by atoms with E-state index >= 15 is 0 Å². The predicted molar refractivity (Wildman–Crippen MR) is 161 cm³/mol. The van der Waals surface area contributed by atoms with Gasteiger partial charge in [-0.25, -0.2) is 4.79 Å². The number of nitrogens with zero attached hydrogens (tertiary/aromatic N) is 2. The molecule has 212 valence electrons. The molecule has 2 atom stereocenters. The first-order valence-corrected chi connectivity index (χ1v) is 14.7. The van der Waals surface area contributed by atoms with Crippen LogP contribution in [0.25, 0.3) is 0 Å². The molecule has 0 radical (unpaired) electrons. The van der Waals surface area contributed by atoms with E-state index < -0.39 is 0 Å². The van der Waals surface area contributed by atoms with Gasteiger partial charge in [-0.15, -0.1) is 0 Å². The lowest BCUT2D eigenvalue weighted by Gasteiger charge is -2.34. The van der Waals surface area contributed by atoms with E-state index in [1.54, 1.807) is 0 Å². The Labute approximate surface area is 238 Å². The Balaban J connectivity index is 1.24. The molecule has 3 aromatic rings. The van der Waals surface area contributed by atoms with E-state index in [1.165, 1.54) is 12.0 Å². The van der Waals surface area contributed by atoms with Crippen molar-refractivity contribution in [2.24, 2.45) is 5.92 Å². The van der Waals surface area contributed by atoms with Crippen LogP contribution in [0, 0.1) is 5.92 Å². The summed E-state index contributed by atoms with van der Waals surface area (Å²) in [5.74, 6) is 1.20. The molecule has 2 fully saturated rings. The number of nitrogens with one attached hydrogen (secondary N) is 2. The van der Waals surface area contributed by atoms with Crippen molar-refractivity contribution in [3.05, 3.63) is 90.5 Å². The summed E-state index contributed by atoms with van der Waals surface area (Å²) in [6.45, 7) is 6.47. The van der Waals surface area contributed by atoms with Gasteiger partial charge in [0.05, 0.1) is 13.2 Å². The smallest absolute Gasteiger partial charge is 0.326 e. The number of urea groups is 1. The molecule has 1 aliphatic carbocycles. The van der Waals surface area contributed by atoms with E-state index in [0.717, 1.165) is 75.8 Å². The van der Waals surface area contributed by atoms with Crippen molar-refractivity contribution in [3.8, 4) is 5.75 Å². The highest BCUT2D eigenvalue weighted by Crippen LogP contribution is 2.29. The number of morpholine rings is 1. The molecule has 2 unspecified atom stereocenters. The molecule has 0 bridgehead atoms. The van der Waals surface area contributed by atoms with Crippen molar-refractivity contribution >= 4 is 17.4 Å². The minimum Gasteiger partial charge on any atom is -0.492 e. The van der Waals surface area contributed by atoms with Crippen LogP contribution >= 0.6 is 0 Å². The fourth-order valence-electron chi connectivity index (χ4n) is 5.64. The number of para-hydroxylation sites is 1. The van der Waals surface area contributed by atoms with Crippen LogP contribution in [0.4, 0.5) is 16.2 Å². The monoisotopic (exact) mass is 542 g/mol. The number of carbonyl (C=O) groups excluding carboxylic acids is 1. The molecular formula is C33H42N4O3. The molecule has 2 amide bonds. The highest BCUT2D eigenvalue weighted by atomic mass is 16.5. The zero-order valence-electron chi connectivity index (χ0n) is 23.3. The van der Waals surface area contributed by atoms with Gasteiger partial charge >= 0.3 is 6.03 Å². The summed E-state index contributed by atoms with van der Waals surface area (Å²) < 4.78 is 11.6. The van der Waals surface area contributed by atoms with Gasteiger partial charge in [0.25, 0.3) is 0 Å². The molecule has 0 aromatic heterocycles. The van der Waals surface area contributed by atoms with Crippen molar-refractivity contribution < 1.29 is 14.3 Å². The van der Waals surface area contributed by atoms with E-state index in [2.05, 4.69) is 45.9 Å². The van der Waals surface area contributed by atoms with Crippen LogP contribution in [-0.2, 0) is 11.3 Å². The van der Waals surface area contributed by atoms with E-state index in [9.17, 15) is 4.79 Å². The van der Waals surface area contributed by atoms with Gasteiger partial charge in [-0.05, 0) is 55.0 Å². The second kappa shape index (κ2) is 14.8. The van der Waals surface area contributed by atoms with Crippen molar-refractivity contribution in [2.75, 3.05) is 56.2 Å². The number of ether oxygens (including phenoxy) is 2. The number of rotatable bonds is 11. The third kappa shape index (κ3) is 8.55. The molecule has 2 N–H and O–H groups in total. The number of hydrogen-bond donors (Lipinski definition) is 2. The van der Waals surface area contributed by atoms with Gasteiger partial charge in [-0.3, -0.25) is 9.80 Å². The molecule has 40 heavy (non-hydrogen) atoms. The molecule has 7 heteroatoms. The maximum Gasteiger partial charge on any atom is 0.326 e. The van der Waals surface area contributed by atoms with E-state index in [4.69, 9.17) is 9.47 Å². The topological polar surface area (TPSA) is 66.1 Å². The van der Waals surface area contributed by atoms with Crippen molar-refractivity contribution in [1.29, 1.82) is 0 Å². The first-order chi connectivity index (χ1) is 19.7. The largest absolute Gasteiger partial charge is 0.492 e. The Morgan fingerprint density at radius 1 is 0.950 bits per heavy atom. The van der Waals surface area contributed by atoms with Gasteiger partial charge in [0.15, 0.2) is 0 Å². The highest BCUT2D eigenvalue weighted by Gasteiger charge is 2.27. The lowest BCUT2D eigenvalue weighted by atomic mass is 9.85. The molecule has 1 saturated heterocycles. The molecule has 1 aliphatic heterocycles. The molecule has 5 rings (SSSR count). The molecule has 1 heterocycles. The quantitative estimate of drug-likeness (QED) is 0.321. The van der Waals surface area contributed by atoms with Crippen molar-refractivity contribution in [1.82, 2.24) is 10.2 Å². The summed E-state index contributed by atoms with van der Waals surface area (Å²) in [6.07, 6.45) is 4.51. The van der Waals surface area contributed by atoms with Crippen LogP contribution in [0.5, 0.6) is 5.75 Å². The summed E-state index contributed by atoms with van der Waals surface area (Å²) >= 11 is 0. The summed E-state index contributed by atoms with van der Waals surface area (Å²) in [5.41, 5.74) is 2.96. The van der Waals surface area contributed by atoms with Crippen LogP contribution < -0.4 is 20.3 Å². The summed E-state index contributed by atoms with van der Waals surface area (Å²) in [4.78, 5) is 17.9. The maximum atomic E-state index is 13.7. The lowest BCUT2D eigenvalue weighted by molar-refractivity contribution is 0.0322. The molecule has 2 aliphatic rings. The van der Waals surface area contributed by atoms with Gasteiger partial charge in [0.2, 0.25) is 0 Å². The maximum absolute atomic E-state index is 13.7. The van der Waals surface area contributed by atoms with Gasteiger partial charge in [-0.1, -0.05) is 61.0 Å². The van der Waals surface area contributed by atoms with Crippen LogP contribution in [0.15, 0.2) is 84.9 Å². The predicted octanol–water partition coefficient (Wildman–Crippen LogP) is 5.78. The molecule has 0 spiro atoms. The van der Waals surface area contributed by atoms with Crippen LogP contribution in [0.1, 0.15) is 31.2 Å². The van der Waals surface area contributed by atoms with Crippen molar-refractivity contribution in [2.45, 2.75) is 38.3 Å².